The van der Waals surface area contributed by atoms with E-state index in [0.29, 0.717) is 12.1 Å². The van der Waals surface area contributed by atoms with Crippen LogP contribution in [0.1, 0.15) is 45.2 Å². The molecule has 1 atom stereocenters. The highest BCUT2D eigenvalue weighted by atomic mass is 15.2. The lowest BCUT2D eigenvalue weighted by Gasteiger charge is -2.21. The van der Waals surface area contributed by atoms with Gasteiger partial charge < -0.3 is 10.2 Å². The SMILES string of the molecule is CC(NCCCCN(C)C(C)C)c1cnn(C)c1. The van der Waals surface area contributed by atoms with E-state index in [2.05, 4.69) is 49.3 Å². The Morgan fingerprint density at radius 3 is 2.61 bits per heavy atom. The highest BCUT2D eigenvalue weighted by molar-refractivity contribution is 5.08. The molecule has 1 aromatic rings. The lowest BCUT2D eigenvalue weighted by atomic mass is 10.2. The summed E-state index contributed by atoms with van der Waals surface area (Å²) in [6, 6.07) is 1.04. The number of hydrogen-bond acceptors (Lipinski definition) is 3. The van der Waals surface area contributed by atoms with Gasteiger partial charge in [-0.25, -0.2) is 0 Å². The van der Waals surface area contributed by atoms with E-state index in [1.165, 1.54) is 24.9 Å². The van der Waals surface area contributed by atoms with Gasteiger partial charge in [0.25, 0.3) is 0 Å². The maximum absolute atomic E-state index is 4.19. The minimum atomic E-state index is 0.390. The van der Waals surface area contributed by atoms with Gasteiger partial charge in [0.2, 0.25) is 0 Å². The van der Waals surface area contributed by atoms with Crippen LogP contribution in [0, 0.1) is 0 Å². The molecule has 0 saturated heterocycles. The molecular formula is C14H28N4. The van der Waals surface area contributed by atoms with Crippen LogP contribution in [0.4, 0.5) is 0 Å². The van der Waals surface area contributed by atoms with Gasteiger partial charge in [0.15, 0.2) is 0 Å². The summed E-state index contributed by atoms with van der Waals surface area (Å²) in [5, 5.41) is 7.74. The zero-order valence-corrected chi connectivity index (χ0v) is 12.5. The van der Waals surface area contributed by atoms with Crippen molar-refractivity contribution < 1.29 is 0 Å². The van der Waals surface area contributed by atoms with Crippen molar-refractivity contribution >= 4 is 0 Å². The summed E-state index contributed by atoms with van der Waals surface area (Å²) in [5.74, 6) is 0. The van der Waals surface area contributed by atoms with Crippen LogP contribution in [0.15, 0.2) is 12.4 Å². The van der Waals surface area contributed by atoms with Crippen LogP contribution < -0.4 is 5.32 Å². The third-order valence-corrected chi connectivity index (χ3v) is 3.49. The summed E-state index contributed by atoms with van der Waals surface area (Å²) in [6.45, 7) is 8.92. The lowest BCUT2D eigenvalue weighted by Crippen LogP contribution is -2.28. The number of aromatic nitrogens is 2. The van der Waals surface area contributed by atoms with Gasteiger partial charge in [0.05, 0.1) is 6.20 Å². The second-order valence-corrected chi connectivity index (χ2v) is 5.40. The summed E-state index contributed by atoms with van der Waals surface area (Å²) >= 11 is 0. The Balaban J connectivity index is 2.11. The summed E-state index contributed by atoms with van der Waals surface area (Å²) in [5.41, 5.74) is 1.26. The molecule has 1 unspecified atom stereocenters. The van der Waals surface area contributed by atoms with E-state index in [1.807, 2.05) is 17.9 Å². The zero-order chi connectivity index (χ0) is 13.5. The van der Waals surface area contributed by atoms with Crippen LogP contribution in [0.3, 0.4) is 0 Å². The molecular weight excluding hydrogens is 224 g/mol. The van der Waals surface area contributed by atoms with E-state index in [4.69, 9.17) is 0 Å². The second kappa shape index (κ2) is 7.54. The zero-order valence-electron chi connectivity index (χ0n) is 12.5. The Morgan fingerprint density at radius 1 is 1.33 bits per heavy atom. The molecule has 0 fully saturated rings. The van der Waals surface area contributed by atoms with Gasteiger partial charge in [-0.15, -0.1) is 0 Å². The van der Waals surface area contributed by atoms with Crippen molar-refractivity contribution in [3.8, 4) is 0 Å². The van der Waals surface area contributed by atoms with Gasteiger partial charge >= 0.3 is 0 Å². The van der Waals surface area contributed by atoms with Crippen LogP contribution in [0.2, 0.25) is 0 Å². The quantitative estimate of drug-likeness (QED) is 0.720. The van der Waals surface area contributed by atoms with Crippen molar-refractivity contribution in [2.24, 2.45) is 7.05 Å². The number of nitrogens with one attached hydrogen (secondary N) is 1. The minimum absolute atomic E-state index is 0.390. The van der Waals surface area contributed by atoms with Gasteiger partial charge in [-0.3, -0.25) is 4.68 Å². The molecule has 0 bridgehead atoms. The van der Waals surface area contributed by atoms with Gasteiger partial charge in [0, 0.05) is 30.9 Å². The first kappa shape index (κ1) is 15.2. The fourth-order valence-electron chi connectivity index (χ4n) is 1.84. The van der Waals surface area contributed by atoms with Gasteiger partial charge in [-0.2, -0.15) is 5.10 Å². The van der Waals surface area contributed by atoms with E-state index in [9.17, 15) is 0 Å². The Bertz CT molecular complexity index is 332. The van der Waals surface area contributed by atoms with Crippen LogP contribution >= 0.6 is 0 Å². The molecule has 104 valence electrons. The van der Waals surface area contributed by atoms with Crippen molar-refractivity contribution in [3.63, 3.8) is 0 Å². The Kier molecular flexibility index (Phi) is 6.36. The largest absolute Gasteiger partial charge is 0.310 e. The van der Waals surface area contributed by atoms with Crippen LogP contribution in [0.5, 0.6) is 0 Å². The van der Waals surface area contributed by atoms with E-state index in [-0.39, 0.29) is 0 Å². The molecule has 18 heavy (non-hydrogen) atoms. The lowest BCUT2D eigenvalue weighted by molar-refractivity contribution is 0.267. The molecule has 0 aliphatic carbocycles. The molecule has 0 radical (unpaired) electrons. The molecule has 1 aromatic heterocycles. The van der Waals surface area contributed by atoms with Crippen LogP contribution in [-0.2, 0) is 7.05 Å². The summed E-state index contributed by atoms with van der Waals surface area (Å²) in [7, 11) is 4.15. The van der Waals surface area contributed by atoms with Gasteiger partial charge in [-0.1, -0.05) is 0 Å². The standard InChI is InChI=1S/C14H28N4/c1-12(2)17(4)9-7-6-8-15-13(3)14-10-16-18(5)11-14/h10-13,15H,6-9H2,1-5H3. The first-order valence-electron chi connectivity index (χ1n) is 6.93. The fraction of sp³-hybridized carbons (Fsp3) is 0.786. The molecule has 0 aromatic carbocycles. The minimum Gasteiger partial charge on any atom is -0.310 e. The molecule has 0 spiro atoms. The first-order chi connectivity index (χ1) is 8.50. The number of nitrogens with zero attached hydrogens (tertiary/aromatic N) is 3. The molecule has 1 N–H and O–H groups in total. The molecule has 0 aliphatic heterocycles. The van der Waals surface area contributed by atoms with Crippen molar-refractivity contribution in [2.75, 3.05) is 20.1 Å². The van der Waals surface area contributed by atoms with Crippen molar-refractivity contribution in [3.05, 3.63) is 18.0 Å². The number of rotatable bonds is 8. The number of unbranched alkanes of at least 4 members (excludes halogenated alkanes) is 1. The molecule has 4 heteroatoms. The highest BCUT2D eigenvalue weighted by Gasteiger charge is 2.06. The summed E-state index contributed by atoms with van der Waals surface area (Å²) in [6.07, 6.45) is 6.48. The predicted octanol–water partition coefficient (Wildman–Crippen LogP) is 2.19. The Hall–Kier alpha value is -0.870. The van der Waals surface area contributed by atoms with Crippen LogP contribution in [-0.4, -0.2) is 40.9 Å². The third kappa shape index (κ3) is 5.19. The number of aryl methyl sites for hydroxylation is 1. The molecule has 1 rings (SSSR count). The van der Waals surface area contributed by atoms with E-state index in [0.717, 1.165) is 6.54 Å². The highest BCUT2D eigenvalue weighted by Crippen LogP contribution is 2.10. The normalized spacial score (nSPS) is 13.5. The molecule has 0 saturated carbocycles. The van der Waals surface area contributed by atoms with Crippen molar-refractivity contribution in [1.29, 1.82) is 0 Å². The topological polar surface area (TPSA) is 33.1 Å². The monoisotopic (exact) mass is 252 g/mol. The molecule has 0 aliphatic rings. The average Bonchev–Trinajstić information content (AvgIpc) is 2.74. The maximum Gasteiger partial charge on any atom is 0.0537 e. The van der Waals surface area contributed by atoms with E-state index < -0.39 is 0 Å². The number of hydrogen-bond donors (Lipinski definition) is 1. The molecule has 4 nitrogen and oxygen atoms in total. The fourth-order valence-corrected chi connectivity index (χ4v) is 1.84. The first-order valence-corrected chi connectivity index (χ1v) is 6.93. The third-order valence-electron chi connectivity index (χ3n) is 3.49. The van der Waals surface area contributed by atoms with Gasteiger partial charge in [0.1, 0.15) is 0 Å². The second-order valence-electron chi connectivity index (χ2n) is 5.40. The average molecular weight is 252 g/mol. The van der Waals surface area contributed by atoms with E-state index >= 15 is 0 Å². The Morgan fingerprint density at radius 2 is 2.06 bits per heavy atom. The van der Waals surface area contributed by atoms with Crippen molar-refractivity contribution in [2.45, 2.75) is 45.7 Å². The Labute approximate surface area is 111 Å². The summed E-state index contributed by atoms with van der Waals surface area (Å²) < 4.78 is 1.85. The maximum atomic E-state index is 4.19. The predicted molar refractivity (Wildman–Crippen MR) is 76.6 cm³/mol. The van der Waals surface area contributed by atoms with Crippen molar-refractivity contribution in [1.82, 2.24) is 20.0 Å². The molecule has 0 amide bonds. The van der Waals surface area contributed by atoms with Crippen LogP contribution in [0.25, 0.3) is 0 Å². The smallest absolute Gasteiger partial charge is 0.0537 e. The van der Waals surface area contributed by atoms with Gasteiger partial charge in [-0.05, 0) is 53.8 Å². The summed E-state index contributed by atoms with van der Waals surface area (Å²) in [4.78, 5) is 2.39. The van der Waals surface area contributed by atoms with E-state index in [1.54, 1.807) is 0 Å². The molecule has 1 heterocycles.